The maximum absolute atomic E-state index is 3.65. The highest BCUT2D eigenvalue weighted by molar-refractivity contribution is 4.92. The van der Waals surface area contributed by atoms with Crippen LogP contribution in [0.5, 0.6) is 0 Å². The van der Waals surface area contributed by atoms with Crippen LogP contribution in [-0.2, 0) is 0 Å². The zero-order chi connectivity index (χ0) is 10.8. The third-order valence-corrected chi connectivity index (χ3v) is 3.36. The number of rotatable bonds is 5. The molecule has 1 fully saturated rings. The summed E-state index contributed by atoms with van der Waals surface area (Å²) in [5.74, 6) is 1.94. The first-order chi connectivity index (χ1) is 6.44. The highest BCUT2D eigenvalue weighted by Crippen LogP contribution is 2.42. The first-order valence-electron chi connectivity index (χ1n) is 6.17. The van der Waals surface area contributed by atoms with Gasteiger partial charge in [0.05, 0.1) is 0 Å². The lowest BCUT2D eigenvalue weighted by Gasteiger charge is -2.24. The van der Waals surface area contributed by atoms with Crippen LogP contribution in [-0.4, -0.2) is 12.6 Å². The Labute approximate surface area is 89.7 Å². The van der Waals surface area contributed by atoms with E-state index in [9.17, 15) is 0 Å². The average molecular weight is 197 g/mol. The van der Waals surface area contributed by atoms with Crippen molar-refractivity contribution < 1.29 is 0 Å². The lowest BCUT2D eigenvalue weighted by Crippen LogP contribution is -2.32. The van der Waals surface area contributed by atoms with Crippen LogP contribution < -0.4 is 5.32 Å². The fourth-order valence-corrected chi connectivity index (χ4v) is 2.23. The van der Waals surface area contributed by atoms with Gasteiger partial charge in [0.15, 0.2) is 0 Å². The Kier molecular flexibility index (Phi) is 4.00. The molecule has 1 N–H and O–H groups in total. The van der Waals surface area contributed by atoms with Gasteiger partial charge in [-0.15, -0.1) is 0 Å². The minimum atomic E-state index is 0.492. The Morgan fingerprint density at radius 3 is 2.29 bits per heavy atom. The molecular weight excluding hydrogens is 170 g/mol. The number of hydrogen-bond donors (Lipinski definition) is 1. The predicted molar refractivity (Wildman–Crippen MR) is 63.4 cm³/mol. The predicted octanol–water partition coefficient (Wildman–Crippen LogP) is 3.45. The van der Waals surface area contributed by atoms with Gasteiger partial charge in [0.2, 0.25) is 0 Å². The van der Waals surface area contributed by atoms with E-state index in [0.29, 0.717) is 5.41 Å². The highest BCUT2D eigenvalue weighted by atomic mass is 14.9. The molecule has 1 aliphatic rings. The topological polar surface area (TPSA) is 12.0 Å². The molecule has 1 aliphatic carbocycles. The van der Waals surface area contributed by atoms with Crippen molar-refractivity contribution >= 4 is 0 Å². The molecule has 0 saturated heterocycles. The molecule has 0 amide bonds. The largest absolute Gasteiger partial charge is 0.314 e. The summed E-state index contributed by atoms with van der Waals surface area (Å²) in [7, 11) is 0. The van der Waals surface area contributed by atoms with Gasteiger partial charge in [-0.1, -0.05) is 34.6 Å². The minimum Gasteiger partial charge on any atom is -0.314 e. The van der Waals surface area contributed by atoms with E-state index in [4.69, 9.17) is 0 Å². The normalized spacial score (nSPS) is 28.9. The molecule has 0 heterocycles. The molecule has 0 spiro atoms. The summed E-state index contributed by atoms with van der Waals surface area (Å²) in [6, 6.07) is 0.786. The second-order valence-electron chi connectivity index (χ2n) is 6.14. The molecule has 0 aromatic heterocycles. The quantitative estimate of drug-likeness (QED) is 0.712. The molecule has 0 aromatic rings. The van der Waals surface area contributed by atoms with E-state index >= 15 is 0 Å². The third-order valence-electron chi connectivity index (χ3n) is 3.36. The Hall–Kier alpha value is -0.0400. The van der Waals surface area contributed by atoms with Gasteiger partial charge in [-0.2, -0.15) is 0 Å². The lowest BCUT2D eigenvalue weighted by atomic mass is 9.87. The van der Waals surface area contributed by atoms with Crippen molar-refractivity contribution in [2.24, 2.45) is 17.3 Å². The van der Waals surface area contributed by atoms with Gasteiger partial charge in [-0.3, -0.25) is 0 Å². The molecule has 0 aromatic carbocycles. The SMILES string of the molecule is CCNC(CCC(C)(C)C)C1CC1C. The van der Waals surface area contributed by atoms with Crippen LogP contribution in [0.4, 0.5) is 0 Å². The average Bonchev–Trinajstić information content (AvgIpc) is 2.74. The van der Waals surface area contributed by atoms with Gasteiger partial charge in [0, 0.05) is 6.04 Å². The van der Waals surface area contributed by atoms with Crippen LogP contribution in [0.1, 0.15) is 53.9 Å². The van der Waals surface area contributed by atoms with Crippen molar-refractivity contribution in [3.63, 3.8) is 0 Å². The van der Waals surface area contributed by atoms with E-state index in [-0.39, 0.29) is 0 Å². The summed E-state index contributed by atoms with van der Waals surface area (Å²) in [6.45, 7) is 12.7. The van der Waals surface area contributed by atoms with Gasteiger partial charge >= 0.3 is 0 Å². The van der Waals surface area contributed by atoms with E-state index in [0.717, 1.165) is 24.4 Å². The maximum atomic E-state index is 3.65. The smallest absolute Gasteiger partial charge is 0.00980 e. The van der Waals surface area contributed by atoms with E-state index in [2.05, 4.69) is 39.9 Å². The second kappa shape index (κ2) is 4.65. The lowest BCUT2D eigenvalue weighted by molar-refractivity contribution is 0.314. The number of hydrogen-bond acceptors (Lipinski definition) is 1. The fourth-order valence-electron chi connectivity index (χ4n) is 2.23. The molecule has 1 nitrogen and oxygen atoms in total. The van der Waals surface area contributed by atoms with E-state index < -0.39 is 0 Å². The molecule has 84 valence electrons. The Morgan fingerprint density at radius 1 is 1.36 bits per heavy atom. The van der Waals surface area contributed by atoms with Crippen LogP contribution in [0.15, 0.2) is 0 Å². The molecule has 0 aliphatic heterocycles. The standard InChI is InChI=1S/C13H27N/c1-6-14-12(11-9-10(11)2)7-8-13(3,4)5/h10-12,14H,6-9H2,1-5H3. The Morgan fingerprint density at radius 2 is 1.93 bits per heavy atom. The highest BCUT2D eigenvalue weighted by Gasteiger charge is 2.38. The molecule has 1 saturated carbocycles. The zero-order valence-electron chi connectivity index (χ0n) is 10.6. The van der Waals surface area contributed by atoms with E-state index in [1.54, 1.807) is 0 Å². The van der Waals surface area contributed by atoms with Crippen LogP contribution in [0, 0.1) is 17.3 Å². The Bertz CT molecular complexity index is 169. The van der Waals surface area contributed by atoms with Gasteiger partial charge < -0.3 is 5.32 Å². The first-order valence-corrected chi connectivity index (χ1v) is 6.17. The van der Waals surface area contributed by atoms with E-state index in [1.165, 1.54) is 19.3 Å². The van der Waals surface area contributed by atoms with Crippen molar-refractivity contribution in [2.45, 2.75) is 59.9 Å². The van der Waals surface area contributed by atoms with E-state index in [1.807, 2.05) is 0 Å². The third kappa shape index (κ3) is 4.00. The summed E-state index contributed by atoms with van der Waals surface area (Å²) in [5, 5.41) is 3.65. The van der Waals surface area contributed by atoms with Crippen LogP contribution in [0.25, 0.3) is 0 Å². The molecule has 0 radical (unpaired) electrons. The molecule has 3 unspecified atom stereocenters. The monoisotopic (exact) mass is 197 g/mol. The van der Waals surface area contributed by atoms with Crippen molar-refractivity contribution in [3.05, 3.63) is 0 Å². The van der Waals surface area contributed by atoms with Crippen molar-refractivity contribution in [1.29, 1.82) is 0 Å². The van der Waals surface area contributed by atoms with Crippen LogP contribution in [0.2, 0.25) is 0 Å². The summed E-state index contributed by atoms with van der Waals surface area (Å²) in [5.41, 5.74) is 0.492. The van der Waals surface area contributed by atoms with Gasteiger partial charge in [0.1, 0.15) is 0 Å². The van der Waals surface area contributed by atoms with Crippen LogP contribution in [0.3, 0.4) is 0 Å². The second-order valence-corrected chi connectivity index (χ2v) is 6.14. The number of nitrogens with one attached hydrogen (secondary N) is 1. The van der Waals surface area contributed by atoms with Gasteiger partial charge in [0.25, 0.3) is 0 Å². The molecule has 1 rings (SSSR count). The first kappa shape index (κ1) is 12.0. The summed E-state index contributed by atoms with van der Waals surface area (Å²) >= 11 is 0. The molecule has 3 atom stereocenters. The summed E-state index contributed by atoms with van der Waals surface area (Å²) in [6.07, 6.45) is 4.14. The maximum Gasteiger partial charge on any atom is 0.00980 e. The van der Waals surface area contributed by atoms with Crippen molar-refractivity contribution in [2.75, 3.05) is 6.54 Å². The van der Waals surface area contributed by atoms with Crippen molar-refractivity contribution in [3.8, 4) is 0 Å². The summed E-state index contributed by atoms with van der Waals surface area (Å²) < 4.78 is 0. The fraction of sp³-hybridized carbons (Fsp3) is 1.00. The minimum absolute atomic E-state index is 0.492. The van der Waals surface area contributed by atoms with Crippen molar-refractivity contribution in [1.82, 2.24) is 5.32 Å². The molecule has 1 heteroatoms. The van der Waals surface area contributed by atoms with Gasteiger partial charge in [-0.05, 0) is 43.1 Å². The van der Waals surface area contributed by atoms with Gasteiger partial charge in [-0.25, -0.2) is 0 Å². The molecule has 0 bridgehead atoms. The van der Waals surface area contributed by atoms with Crippen LogP contribution >= 0.6 is 0 Å². The molecular formula is C13H27N. The zero-order valence-corrected chi connectivity index (χ0v) is 10.6. The molecule has 14 heavy (non-hydrogen) atoms. The Balaban J connectivity index is 2.29. The summed E-state index contributed by atoms with van der Waals surface area (Å²) in [4.78, 5) is 0.